The molecule has 1 aromatic heterocycles. The number of hydrogen-bond donors (Lipinski definition) is 0. The van der Waals surface area contributed by atoms with Crippen LogP contribution in [0.2, 0.25) is 0 Å². The van der Waals surface area contributed by atoms with Crippen LogP contribution in [0.25, 0.3) is 0 Å². The van der Waals surface area contributed by atoms with E-state index in [2.05, 4.69) is 30.7 Å². The van der Waals surface area contributed by atoms with Crippen LogP contribution >= 0.6 is 0 Å². The van der Waals surface area contributed by atoms with E-state index in [1.54, 1.807) is 0 Å². The lowest BCUT2D eigenvalue weighted by atomic mass is 9.95. The number of aromatic nitrogens is 1. The second-order valence-electron chi connectivity index (χ2n) is 4.28. The second kappa shape index (κ2) is 3.57. The summed E-state index contributed by atoms with van der Waals surface area (Å²) in [6.45, 7) is 4.44. The Balaban J connectivity index is 2.18. The van der Waals surface area contributed by atoms with Gasteiger partial charge in [0.25, 0.3) is 0 Å². The molecule has 1 saturated carbocycles. The van der Waals surface area contributed by atoms with E-state index in [0.29, 0.717) is 0 Å². The average Bonchev–Trinajstić information content (AvgIpc) is 2.49. The minimum absolute atomic E-state index is 0.794. The third kappa shape index (κ3) is 1.65. The third-order valence-corrected chi connectivity index (χ3v) is 3.41. The molecule has 0 bridgehead atoms. The normalized spacial score (nSPS) is 19.2. The van der Waals surface area contributed by atoms with Crippen LogP contribution in [0.15, 0.2) is 12.3 Å². The van der Waals surface area contributed by atoms with Crippen molar-refractivity contribution in [3.63, 3.8) is 0 Å². The van der Waals surface area contributed by atoms with Crippen LogP contribution < -0.4 is 0 Å². The van der Waals surface area contributed by atoms with Gasteiger partial charge in [-0.3, -0.25) is 0 Å². The second-order valence-corrected chi connectivity index (χ2v) is 4.28. The average molecular weight is 177 g/mol. The van der Waals surface area contributed by atoms with Gasteiger partial charge in [0.2, 0.25) is 0 Å². The lowest BCUT2D eigenvalue weighted by Crippen LogP contribution is -2.13. The molecule has 1 nitrogen and oxygen atoms in total. The first-order chi connectivity index (χ1) is 6.29. The minimum Gasteiger partial charge on any atom is -0.348 e. The SMILES string of the molecule is Cc1ccn(C2CCCCC2)c1C. The lowest BCUT2D eigenvalue weighted by molar-refractivity contribution is 0.350. The molecule has 0 atom stereocenters. The van der Waals surface area contributed by atoms with Gasteiger partial charge in [0.1, 0.15) is 0 Å². The molecule has 0 radical (unpaired) electrons. The molecule has 0 aliphatic heterocycles. The van der Waals surface area contributed by atoms with E-state index in [1.807, 2.05) is 0 Å². The molecule has 2 rings (SSSR count). The van der Waals surface area contributed by atoms with Crippen LogP contribution in [0, 0.1) is 13.8 Å². The van der Waals surface area contributed by atoms with Crippen LogP contribution in [0.4, 0.5) is 0 Å². The van der Waals surface area contributed by atoms with Gasteiger partial charge >= 0.3 is 0 Å². The van der Waals surface area contributed by atoms with Crippen molar-refractivity contribution in [2.75, 3.05) is 0 Å². The molecule has 0 amide bonds. The molecule has 72 valence electrons. The zero-order valence-corrected chi connectivity index (χ0v) is 8.71. The van der Waals surface area contributed by atoms with Crippen LogP contribution in [0.5, 0.6) is 0 Å². The molecule has 0 N–H and O–H groups in total. The molecule has 0 aromatic carbocycles. The molecular weight excluding hydrogens is 158 g/mol. The predicted octanol–water partition coefficient (Wildman–Crippen LogP) is 3.61. The summed E-state index contributed by atoms with van der Waals surface area (Å²) in [5.74, 6) is 0. The van der Waals surface area contributed by atoms with Crippen molar-refractivity contribution in [2.45, 2.75) is 52.0 Å². The summed E-state index contributed by atoms with van der Waals surface area (Å²) in [7, 11) is 0. The summed E-state index contributed by atoms with van der Waals surface area (Å²) < 4.78 is 2.48. The number of hydrogen-bond acceptors (Lipinski definition) is 0. The van der Waals surface area contributed by atoms with Crippen molar-refractivity contribution in [2.24, 2.45) is 0 Å². The maximum atomic E-state index is 2.48. The van der Waals surface area contributed by atoms with Gasteiger partial charge in [0.15, 0.2) is 0 Å². The topological polar surface area (TPSA) is 4.93 Å². The van der Waals surface area contributed by atoms with Crippen LogP contribution in [-0.2, 0) is 0 Å². The zero-order chi connectivity index (χ0) is 9.26. The van der Waals surface area contributed by atoms with Gasteiger partial charge in [-0.1, -0.05) is 19.3 Å². The lowest BCUT2D eigenvalue weighted by Gasteiger charge is -2.24. The van der Waals surface area contributed by atoms with Gasteiger partial charge in [-0.25, -0.2) is 0 Å². The largest absolute Gasteiger partial charge is 0.348 e. The van der Waals surface area contributed by atoms with E-state index in [-0.39, 0.29) is 0 Å². The Bertz CT molecular complexity index is 279. The van der Waals surface area contributed by atoms with Crippen LogP contribution in [-0.4, -0.2) is 4.57 Å². The van der Waals surface area contributed by atoms with Gasteiger partial charge in [-0.15, -0.1) is 0 Å². The fourth-order valence-corrected chi connectivity index (χ4v) is 2.38. The van der Waals surface area contributed by atoms with Gasteiger partial charge in [0.05, 0.1) is 0 Å². The highest BCUT2D eigenvalue weighted by Crippen LogP contribution is 2.29. The van der Waals surface area contributed by atoms with E-state index in [1.165, 1.54) is 43.4 Å². The van der Waals surface area contributed by atoms with E-state index >= 15 is 0 Å². The molecule has 1 heteroatoms. The quantitative estimate of drug-likeness (QED) is 0.617. The molecule has 1 fully saturated rings. The summed E-state index contributed by atoms with van der Waals surface area (Å²) in [6.07, 6.45) is 9.31. The maximum Gasteiger partial charge on any atom is 0.0333 e. The highest BCUT2D eigenvalue weighted by Gasteiger charge is 2.16. The highest BCUT2D eigenvalue weighted by atomic mass is 15.0. The predicted molar refractivity (Wildman–Crippen MR) is 56.0 cm³/mol. The van der Waals surface area contributed by atoms with Crippen LogP contribution in [0.3, 0.4) is 0 Å². The Morgan fingerprint density at radius 3 is 2.38 bits per heavy atom. The van der Waals surface area contributed by atoms with E-state index in [9.17, 15) is 0 Å². The number of nitrogens with zero attached hydrogens (tertiary/aromatic N) is 1. The van der Waals surface area contributed by atoms with Gasteiger partial charge in [0, 0.05) is 17.9 Å². The third-order valence-electron chi connectivity index (χ3n) is 3.41. The first kappa shape index (κ1) is 8.86. The number of rotatable bonds is 1. The first-order valence-corrected chi connectivity index (χ1v) is 5.43. The fourth-order valence-electron chi connectivity index (χ4n) is 2.38. The summed E-state index contributed by atoms with van der Waals surface area (Å²) >= 11 is 0. The van der Waals surface area contributed by atoms with Crippen molar-refractivity contribution in [1.29, 1.82) is 0 Å². The number of aryl methyl sites for hydroxylation is 1. The monoisotopic (exact) mass is 177 g/mol. The van der Waals surface area contributed by atoms with E-state index in [4.69, 9.17) is 0 Å². The standard InChI is InChI=1S/C12H19N/c1-10-8-9-13(11(10)2)12-6-4-3-5-7-12/h8-9,12H,3-7H2,1-2H3. The fraction of sp³-hybridized carbons (Fsp3) is 0.667. The summed E-state index contributed by atoms with van der Waals surface area (Å²) in [6, 6.07) is 3.03. The summed E-state index contributed by atoms with van der Waals surface area (Å²) in [5.41, 5.74) is 2.90. The van der Waals surface area contributed by atoms with Crippen molar-refractivity contribution in [3.8, 4) is 0 Å². The van der Waals surface area contributed by atoms with Crippen molar-refractivity contribution in [1.82, 2.24) is 4.57 Å². The highest BCUT2D eigenvalue weighted by molar-refractivity contribution is 5.19. The molecule has 0 unspecified atom stereocenters. The molecule has 1 aromatic rings. The van der Waals surface area contributed by atoms with Crippen molar-refractivity contribution >= 4 is 0 Å². The van der Waals surface area contributed by atoms with Crippen molar-refractivity contribution < 1.29 is 0 Å². The Hall–Kier alpha value is -0.720. The van der Waals surface area contributed by atoms with Crippen molar-refractivity contribution in [3.05, 3.63) is 23.5 Å². The zero-order valence-electron chi connectivity index (χ0n) is 8.71. The van der Waals surface area contributed by atoms with Gasteiger partial charge < -0.3 is 4.57 Å². The Kier molecular flexibility index (Phi) is 2.43. The molecule has 13 heavy (non-hydrogen) atoms. The van der Waals surface area contributed by atoms with Gasteiger partial charge in [-0.05, 0) is 38.3 Å². The molecule has 0 spiro atoms. The minimum atomic E-state index is 0.794. The molecular formula is C12H19N. The Morgan fingerprint density at radius 1 is 1.15 bits per heavy atom. The van der Waals surface area contributed by atoms with E-state index < -0.39 is 0 Å². The summed E-state index contributed by atoms with van der Waals surface area (Å²) in [5, 5.41) is 0. The summed E-state index contributed by atoms with van der Waals surface area (Å²) in [4.78, 5) is 0. The molecule has 1 aliphatic rings. The Labute approximate surface area is 80.8 Å². The van der Waals surface area contributed by atoms with Crippen LogP contribution in [0.1, 0.15) is 49.4 Å². The first-order valence-electron chi connectivity index (χ1n) is 5.43. The molecule has 1 heterocycles. The maximum absolute atomic E-state index is 2.48. The van der Waals surface area contributed by atoms with Gasteiger partial charge in [-0.2, -0.15) is 0 Å². The Morgan fingerprint density at radius 2 is 1.85 bits per heavy atom. The van der Waals surface area contributed by atoms with E-state index in [0.717, 1.165) is 6.04 Å². The molecule has 0 saturated heterocycles. The smallest absolute Gasteiger partial charge is 0.0333 e. The molecule has 1 aliphatic carbocycles.